The fourth-order valence-electron chi connectivity index (χ4n) is 4.89. The van der Waals surface area contributed by atoms with Crippen LogP contribution in [0.5, 0.6) is 11.5 Å². The van der Waals surface area contributed by atoms with Gasteiger partial charge in [0.05, 0.1) is 26.4 Å². The van der Waals surface area contributed by atoms with Crippen LogP contribution in [0.25, 0.3) is 0 Å². The quantitative estimate of drug-likeness (QED) is 0.358. The van der Waals surface area contributed by atoms with E-state index in [2.05, 4.69) is 76.5 Å². The summed E-state index contributed by atoms with van der Waals surface area (Å²) in [4.78, 5) is 4.98. The van der Waals surface area contributed by atoms with E-state index in [1.165, 1.54) is 16.7 Å². The topological polar surface area (TPSA) is 45.2 Å². The highest BCUT2D eigenvalue weighted by molar-refractivity contribution is 7.99. The van der Waals surface area contributed by atoms with Crippen molar-refractivity contribution >= 4 is 11.8 Å². The molecule has 3 aromatic rings. The summed E-state index contributed by atoms with van der Waals surface area (Å²) in [5.74, 6) is 3.24. The Morgan fingerprint density at radius 1 is 0.806 bits per heavy atom. The molecule has 3 aromatic carbocycles. The molecule has 1 aliphatic heterocycles. The van der Waals surface area contributed by atoms with Gasteiger partial charge in [-0.25, -0.2) is 0 Å². The van der Waals surface area contributed by atoms with Gasteiger partial charge in [0.1, 0.15) is 0 Å². The molecule has 1 atom stereocenters. The molecule has 5 nitrogen and oxygen atoms in total. The lowest BCUT2D eigenvalue weighted by molar-refractivity contribution is 0.0708. The van der Waals surface area contributed by atoms with Crippen LogP contribution >= 0.6 is 11.8 Å². The van der Waals surface area contributed by atoms with Crippen LogP contribution in [0, 0.1) is 0 Å². The van der Waals surface area contributed by atoms with Crippen LogP contribution in [0.3, 0.4) is 0 Å². The molecule has 36 heavy (non-hydrogen) atoms. The van der Waals surface area contributed by atoms with Gasteiger partial charge in [-0.05, 0) is 41.0 Å². The molecule has 1 heterocycles. The molecular weight excluding hydrogens is 468 g/mol. The van der Waals surface area contributed by atoms with Crippen LogP contribution < -0.4 is 9.47 Å². The maximum absolute atomic E-state index is 10.7. The molecular formula is C30H38N2O3S. The maximum atomic E-state index is 10.7. The summed E-state index contributed by atoms with van der Waals surface area (Å²) in [6, 6.07) is 27.9. The number of thioether (sulfide) groups is 1. The molecule has 1 saturated heterocycles. The Morgan fingerprint density at radius 2 is 1.42 bits per heavy atom. The van der Waals surface area contributed by atoms with Gasteiger partial charge in [-0.2, -0.15) is 11.8 Å². The van der Waals surface area contributed by atoms with Gasteiger partial charge in [-0.3, -0.25) is 9.80 Å². The van der Waals surface area contributed by atoms with Crippen molar-refractivity contribution in [3.63, 3.8) is 0 Å². The summed E-state index contributed by atoms with van der Waals surface area (Å²) in [6.07, 6.45) is 0.627. The summed E-state index contributed by atoms with van der Waals surface area (Å²) in [7, 11) is 3.32. The highest BCUT2D eigenvalue weighted by Gasteiger charge is 2.27. The Kier molecular flexibility index (Phi) is 10.1. The molecule has 1 aliphatic rings. The van der Waals surface area contributed by atoms with Crippen molar-refractivity contribution in [1.29, 1.82) is 0 Å². The molecule has 0 aliphatic carbocycles. The number of β-amino-alcohol motifs (C(OH)–C–C–N with tert-alkyl or cyclic N) is 1. The van der Waals surface area contributed by atoms with Crippen molar-refractivity contribution < 1.29 is 14.6 Å². The highest BCUT2D eigenvalue weighted by atomic mass is 32.2. The Bertz CT molecular complexity index is 1000. The number of aliphatic hydroxyl groups excluding tert-OH is 1. The smallest absolute Gasteiger partial charge is 0.160 e. The first kappa shape index (κ1) is 26.6. The lowest BCUT2D eigenvalue weighted by Crippen LogP contribution is -2.50. The minimum absolute atomic E-state index is 0.270. The third-order valence-corrected chi connectivity index (χ3v) is 7.88. The van der Waals surface area contributed by atoms with Crippen molar-refractivity contribution in [3.8, 4) is 11.5 Å². The van der Waals surface area contributed by atoms with Crippen LogP contribution in [-0.2, 0) is 6.42 Å². The minimum Gasteiger partial charge on any atom is -0.493 e. The average Bonchev–Trinajstić information content (AvgIpc) is 2.93. The first-order valence-electron chi connectivity index (χ1n) is 12.7. The molecule has 0 amide bonds. The number of methoxy groups -OCH3 is 2. The molecule has 6 heteroatoms. The molecule has 192 valence electrons. The summed E-state index contributed by atoms with van der Waals surface area (Å²) >= 11 is 1.81. The van der Waals surface area contributed by atoms with Crippen molar-refractivity contribution in [2.24, 2.45) is 0 Å². The largest absolute Gasteiger partial charge is 0.493 e. The number of aliphatic hydroxyl groups is 1. The lowest BCUT2D eigenvalue weighted by atomic mass is 9.96. The van der Waals surface area contributed by atoms with Crippen molar-refractivity contribution in [3.05, 3.63) is 95.6 Å². The van der Waals surface area contributed by atoms with Gasteiger partial charge in [0.25, 0.3) is 0 Å². The van der Waals surface area contributed by atoms with Gasteiger partial charge in [-0.15, -0.1) is 0 Å². The fourth-order valence-corrected chi connectivity index (χ4v) is 5.81. The van der Waals surface area contributed by atoms with Gasteiger partial charge in [0.2, 0.25) is 0 Å². The van der Waals surface area contributed by atoms with E-state index in [0.717, 1.165) is 62.1 Å². The van der Waals surface area contributed by atoms with E-state index < -0.39 is 0 Å². The molecule has 0 aromatic heterocycles. The van der Waals surface area contributed by atoms with E-state index in [0.29, 0.717) is 0 Å². The molecule has 0 saturated carbocycles. The van der Waals surface area contributed by atoms with E-state index in [-0.39, 0.29) is 12.1 Å². The zero-order valence-electron chi connectivity index (χ0n) is 21.4. The molecule has 0 spiro atoms. The van der Waals surface area contributed by atoms with E-state index in [1.54, 1.807) is 14.2 Å². The van der Waals surface area contributed by atoms with Gasteiger partial charge in [0.15, 0.2) is 11.5 Å². The number of benzene rings is 3. The number of aryl methyl sites for hydroxylation is 1. The van der Waals surface area contributed by atoms with Crippen LogP contribution in [0.1, 0.15) is 22.7 Å². The third kappa shape index (κ3) is 7.26. The van der Waals surface area contributed by atoms with E-state index in [1.807, 2.05) is 23.9 Å². The van der Waals surface area contributed by atoms with Crippen LogP contribution in [0.4, 0.5) is 0 Å². The van der Waals surface area contributed by atoms with E-state index >= 15 is 0 Å². The molecule has 1 fully saturated rings. The standard InChI is InChI=1S/C30H38N2O3S/c1-34-28-14-13-24(21-29(28)35-2)15-20-36-23-27(33)22-31-16-18-32(19-17-31)30(25-9-5-3-6-10-25)26-11-7-4-8-12-26/h3-14,21,27,30,33H,15-20,22-23H2,1-2H3. The first-order valence-corrected chi connectivity index (χ1v) is 13.9. The first-order chi connectivity index (χ1) is 17.7. The molecule has 0 bridgehead atoms. The summed E-state index contributed by atoms with van der Waals surface area (Å²) in [5.41, 5.74) is 3.89. The number of rotatable bonds is 12. The van der Waals surface area contributed by atoms with Gasteiger partial charge in [-0.1, -0.05) is 66.7 Å². The summed E-state index contributed by atoms with van der Waals surface area (Å²) < 4.78 is 10.7. The molecule has 0 radical (unpaired) electrons. The summed E-state index contributed by atoms with van der Waals surface area (Å²) in [6.45, 7) is 4.67. The highest BCUT2D eigenvalue weighted by Crippen LogP contribution is 2.30. The van der Waals surface area contributed by atoms with Crippen LogP contribution in [0.2, 0.25) is 0 Å². The van der Waals surface area contributed by atoms with Crippen molar-refractivity contribution in [2.45, 2.75) is 18.6 Å². The Labute approximate surface area is 220 Å². The van der Waals surface area contributed by atoms with E-state index in [9.17, 15) is 5.11 Å². The van der Waals surface area contributed by atoms with Crippen LogP contribution in [-0.4, -0.2) is 79.5 Å². The predicted octanol–water partition coefficient (Wildman–Crippen LogP) is 4.75. The van der Waals surface area contributed by atoms with Gasteiger partial charge in [0, 0.05) is 38.5 Å². The second kappa shape index (κ2) is 13.7. The zero-order chi connectivity index (χ0) is 25.2. The number of piperazine rings is 1. The molecule has 1 N–H and O–H groups in total. The lowest BCUT2D eigenvalue weighted by Gasteiger charge is -2.40. The second-order valence-corrected chi connectivity index (χ2v) is 10.4. The Hall–Kier alpha value is -2.51. The van der Waals surface area contributed by atoms with Crippen molar-refractivity contribution in [2.75, 3.05) is 58.4 Å². The van der Waals surface area contributed by atoms with Crippen LogP contribution in [0.15, 0.2) is 78.9 Å². The minimum atomic E-state index is -0.314. The Balaban J connectivity index is 1.22. The number of nitrogens with zero attached hydrogens (tertiary/aromatic N) is 2. The third-order valence-electron chi connectivity index (χ3n) is 6.76. The number of hydrogen-bond donors (Lipinski definition) is 1. The maximum Gasteiger partial charge on any atom is 0.160 e. The Morgan fingerprint density at radius 3 is 2.00 bits per heavy atom. The molecule has 4 rings (SSSR count). The number of ether oxygens (including phenoxy) is 2. The zero-order valence-corrected chi connectivity index (χ0v) is 22.2. The van der Waals surface area contributed by atoms with Gasteiger partial charge >= 0.3 is 0 Å². The fraction of sp³-hybridized carbons (Fsp3) is 0.400. The SMILES string of the molecule is COc1ccc(CCSCC(O)CN2CCN(C(c3ccccc3)c3ccccc3)CC2)cc1OC. The number of hydrogen-bond acceptors (Lipinski definition) is 6. The van der Waals surface area contributed by atoms with Crippen molar-refractivity contribution in [1.82, 2.24) is 9.80 Å². The van der Waals surface area contributed by atoms with E-state index in [4.69, 9.17) is 9.47 Å². The average molecular weight is 507 g/mol. The summed E-state index contributed by atoms with van der Waals surface area (Å²) in [5, 5.41) is 10.7. The second-order valence-electron chi connectivity index (χ2n) is 9.23. The van der Waals surface area contributed by atoms with Gasteiger partial charge < -0.3 is 14.6 Å². The predicted molar refractivity (Wildman–Crippen MR) is 149 cm³/mol. The molecule has 1 unspecified atom stereocenters. The monoisotopic (exact) mass is 506 g/mol. The normalized spacial score (nSPS) is 15.7.